The van der Waals surface area contributed by atoms with E-state index in [2.05, 4.69) is 10.3 Å². The predicted molar refractivity (Wildman–Crippen MR) is 79.5 cm³/mol. The number of hydrogen-bond donors (Lipinski definition) is 2. The van der Waals surface area contributed by atoms with Gasteiger partial charge in [-0.25, -0.2) is 0 Å². The fraction of sp³-hybridized carbons (Fsp3) is 0.429. The van der Waals surface area contributed by atoms with Crippen LogP contribution in [0.5, 0.6) is 0 Å². The smallest absolute Gasteiger partial charge is 0.223 e. The zero-order chi connectivity index (χ0) is 14.4. The van der Waals surface area contributed by atoms with Gasteiger partial charge in [0.25, 0.3) is 0 Å². The molecule has 1 aromatic carbocycles. The van der Waals surface area contributed by atoms with Gasteiger partial charge >= 0.3 is 0 Å². The van der Waals surface area contributed by atoms with Crippen LogP contribution in [0.1, 0.15) is 20.8 Å². The van der Waals surface area contributed by atoms with Gasteiger partial charge in [0.15, 0.2) is 0 Å². The Balaban J connectivity index is 3.17. The third-order valence-electron chi connectivity index (χ3n) is 2.69. The maximum absolute atomic E-state index is 11.5. The molecule has 5 nitrogen and oxygen atoms in total. The summed E-state index contributed by atoms with van der Waals surface area (Å²) in [4.78, 5) is 17.4. The SMILES string of the molecule is CCN(C(C)=O)c1ccc(NC)c(N=CC(C)O)c1. The molecule has 2 N–H and O–H groups in total. The Kier molecular flexibility index (Phi) is 5.51. The molecule has 5 heteroatoms. The number of nitrogens with zero attached hydrogens (tertiary/aromatic N) is 2. The largest absolute Gasteiger partial charge is 0.388 e. The predicted octanol–water partition coefficient (Wildman–Crippen LogP) is 2.18. The normalized spacial score (nSPS) is 12.5. The lowest BCUT2D eigenvalue weighted by atomic mass is 10.2. The Morgan fingerprint density at radius 2 is 2.26 bits per heavy atom. The highest BCUT2D eigenvalue weighted by atomic mass is 16.3. The molecule has 1 unspecified atom stereocenters. The third-order valence-corrected chi connectivity index (χ3v) is 2.69. The van der Waals surface area contributed by atoms with E-state index in [0.717, 1.165) is 11.4 Å². The lowest BCUT2D eigenvalue weighted by Gasteiger charge is -2.20. The quantitative estimate of drug-likeness (QED) is 0.800. The Morgan fingerprint density at radius 1 is 1.58 bits per heavy atom. The van der Waals surface area contributed by atoms with Crippen LogP contribution in [-0.4, -0.2) is 36.9 Å². The van der Waals surface area contributed by atoms with E-state index in [0.29, 0.717) is 12.2 Å². The van der Waals surface area contributed by atoms with Crippen molar-refractivity contribution in [3.8, 4) is 0 Å². The molecule has 0 aliphatic carbocycles. The summed E-state index contributed by atoms with van der Waals surface area (Å²) in [7, 11) is 1.80. The minimum Gasteiger partial charge on any atom is -0.388 e. The van der Waals surface area contributed by atoms with Gasteiger partial charge in [0.1, 0.15) is 0 Å². The van der Waals surface area contributed by atoms with Crippen molar-refractivity contribution in [3.63, 3.8) is 0 Å². The van der Waals surface area contributed by atoms with Gasteiger partial charge in [-0.15, -0.1) is 0 Å². The summed E-state index contributed by atoms with van der Waals surface area (Å²) in [6, 6.07) is 5.57. The number of carbonyl (C=O) groups is 1. The van der Waals surface area contributed by atoms with Crippen molar-refractivity contribution in [3.05, 3.63) is 18.2 Å². The number of rotatable bonds is 5. The standard InChI is InChI=1S/C14H21N3O2/c1-5-17(11(3)19)12-6-7-13(15-4)14(8-12)16-9-10(2)18/h6-10,15,18H,5H2,1-4H3. The van der Waals surface area contributed by atoms with Crippen LogP contribution in [0.4, 0.5) is 17.1 Å². The fourth-order valence-corrected chi connectivity index (χ4v) is 1.78. The Labute approximate surface area is 114 Å². The van der Waals surface area contributed by atoms with Crippen LogP contribution in [0.3, 0.4) is 0 Å². The molecule has 0 fully saturated rings. The van der Waals surface area contributed by atoms with Crippen molar-refractivity contribution < 1.29 is 9.90 Å². The molecule has 1 aromatic rings. The summed E-state index contributed by atoms with van der Waals surface area (Å²) in [5.41, 5.74) is 2.34. The van der Waals surface area contributed by atoms with Gasteiger partial charge in [0, 0.05) is 32.4 Å². The van der Waals surface area contributed by atoms with Crippen LogP contribution in [0.15, 0.2) is 23.2 Å². The number of aliphatic hydroxyl groups is 1. The van der Waals surface area contributed by atoms with E-state index >= 15 is 0 Å². The molecule has 0 aromatic heterocycles. The van der Waals surface area contributed by atoms with Crippen LogP contribution in [0.25, 0.3) is 0 Å². The monoisotopic (exact) mass is 263 g/mol. The Hall–Kier alpha value is -1.88. The van der Waals surface area contributed by atoms with Crippen LogP contribution < -0.4 is 10.2 Å². The summed E-state index contributed by atoms with van der Waals surface area (Å²) in [5.74, 6) is -0.00911. The van der Waals surface area contributed by atoms with Gasteiger partial charge in [-0.05, 0) is 32.0 Å². The van der Waals surface area contributed by atoms with E-state index in [1.165, 1.54) is 13.1 Å². The molecule has 0 saturated heterocycles. The number of nitrogens with one attached hydrogen (secondary N) is 1. The number of benzene rings is 1. The van der Waals surface area contributed by atoms with Crippen LogP contribution in [-0.2, 0) is 4.79 Å². The van der Waals surface area contributed by atoms with Gasteiger partial charge in [-0.3, -0.25) is 9.79 Å². The number of carbonyl (C=O) groups excluding carboxylic acids is 1. The second-order valence-corrected chi connectivity index (χ2v) is 4.23. The van der Waals surface area contributed by atoms with Crippen molar-refractivity contribution in [2.45, 2.75) is 26.9 Å². The average Bonchev–Trinajstić information content (AvgIpc) is 2.36. The van der Waals surface area contributed by atoms with Crippen LogP contribution in [0, 0.1) is 0 Å². The van der Waals surface area contributed by atoms with Crippen molar-refractivity contribution in [1.29, 1.82) is 0 Å². The van der Waals surface area contributed by atoms with E-state index in [9.17, 15) is 9.90 Å². The van der Waals surface area contributed by atoms with Gasteiger partial charge in [0.2, 0.25) is 5.91 Å². The minimum atomic E-state index is -0.608. The number of amides is 1. The van der Waals surface area contributed by atoms with E-state index in [-0.39, 0.29) is 5.91 Å². The number of aliphatic hydroxyl groups excluding tert-OH is 1. The summed E-state index contributed by atoms with van der Waals surface area (Å²) in [6.45, 7) is 5.70. The van der Waals surface area contributed by atoms with Gasteiger partial charge < -0.3 is 15.3 Å². The first kappa shape index (κ1) is 15.2. The maximum Gasteiger partial charge on any atom is 0.223 e. The number of hydrogen-bond acceptors (Lipinski definition) is 4. The molecule has 104 valence electrons. The lowest BCUT2D eigenvalue weighted by molar-refractivity contribution is -0.116. The molecule has 0 radical (unpaired) electrons. The first-order valence-corrected chi connectivity index (χ1v) is 6.31. The molecule has 0 heterocycles. The molecule has 0 saturated carbocycles. The van der Waals surface area contributed by atoms with E-state index in [4.69, 9.17) is 0 Å². The number of aliphatic imine (C=N–C) groups is 1. The first-order valence-electron chi connectivity index (χ1n) is 6.31. The summed E-state index contributed by atoms with van der Waals surface area (Å²) in [6.07, 6.45) is 0.854. The van der Waals surface area contributed by atoms with Crippen molar-refractivity contribution in [1.82, 2.24) is 0 Å². The maximum atomic E-state index is 11.5. The molecule has 1 amide bonds. The molecular weight excluding hydrogens is 242 g/mol. The third kappa shape index (κ3) is 4.06. The van der Waals surface area contributed by atoms with Gasteiger partial charge in [-0.1, -0.05) is 0 Å². The fourth-order valence-electron chi connectivity index (χ4n) is 1.78. The highest BCUT2D eigenvalue weighted by Crippen LogP contribution is 2.30. The van der Waals surface area contributed by atoms with Crippen molar-refractivity contribution in [2.75, 3.05) is 23.8 Å². The molecule has 0 spiro atoms. The van der Waals surface area contributed by atoms with Gasteiger partial charge in [-0.2, -0.15) is 0 Å². The molecule has 0 aliphatic heterocycles. The molecule has 0 aliphatic rings. The lowest BCUT2D eigenvalue weighted by Crippen LogP contribution is -2.27. The second kappa shape index (κ2) is 6.89. The zero-order valence-electron chi connectivity index (χ0n) is 11.8. The highest BCUT2D eigenvalue weighted by molar-refractivity contribution is 5.93. The average molecular weight is 263 g/mol. The zero-order valence-corrected chi connectivity index (χ0v) is 11.8. The summed E-state index contributed by atoms with van der Waals surface area (Å²) >= 11 is 0. The number of anilines is 2. The molecule has 0 bridgehead atoms. The van der Waals surface area contributed by atoms with Crippen LogP contribution >= 0.6 is 0 Å². The van der Waals surface area contributed by atoms with Gasteiger partial charge in [0.05, 0.1) is 17.5 Å². The Bertz CT molecular complexity index is 470. The summed E-state index contributed by atoms with van der Waals surface area (Å²) in [5, 5.41) is 12.3. The first-order chi connectivity index (χ1) is 8.99. The molecule has 1 atom stereocenters. The van der Waals surface area contributed by atoms with E-state index < -0.39 is 6.10 Å². The highest BCUT2D eigenvalue weighted by Gasteiger charge is 2.11. The van der Waals surface area contributed by atoms with Crippen LogP contribution in [0.2, 0.25) is 0 Å². The molecule has 19 heavy (non-hydrogen) atoms. The van der Waals surface area contributed by atoms with Crippen molar-refractivity contribution in [2.24, 2.45) is 4.99 Å². The minimum absolute atomic E-state index is 0.00911. The van der Waals surface area contributed by atoms with E-state index in [1.807, 2.05) is 25.1 Å². The topological polar surface area (TPSA) is 64.9 Å². The second-order valence-electron chi connectivity index (χ2n) is 4.23. The molecule has 1 rings (SSSR count). The Morgan fingerprint density at radius 3 is 2.74 bits per heavy atom. The summed E-state index contributed by atoms with van der Waals surface area (Å²) < 4.78 is 0. The van der Waals surface area contributed by atoms with Crippen molar-refractivity contribution >= 4 is 29.2 Å². The molecular formula is C14H21N3O2. The van der Waals surface area contributed by atoms with E-state index in [1.54, 1.807) is 18.9 Å².